The number of halogens is 2. The van der Waals surface area contributed by atoms with Crippen LogP contribution in [0.3, 0.4) is 0 Å². The molecule has 0 saturated carbocycles. The Morgan fingerprint density at radius 3 is 2.56 bits per heavy atom. The average Bonchev–Trinajstić information content (AvgIpc) is 2.90. The Morgan fingerprint density at radius 2 is 1.93 bits per heavy atom. The number of nitrogens with zero attached hydrogens (tertiary/aromatic N) is 1. The summed E-state index contributed by atoms with van der Waals surface area (Å²) >= 11 is 10.4. The summed E-state index contributed by atoms with van der Waals surface area (Å²) in [5.41, 5.74) is 1.40. The summed E-state index contributed by atoms with van der Waals surface area (Å²) < 4.78 is 11.7. The van der Waals surface area contributed by atoms with Crippen molar-refractivity contribution >= 4 is 56.1 Å². The quantitative estimate of drug-likeness (QED) is 0.572. The summed E-state index contributed by atoms with van der Waals surface area (Å²) in [6, 6.07) is 10.4. The van der Waals surface area contributed by atoms with Crippen molar-refractivity contribution in [1.82, 2.24) is 0 Å². The van der Waals surface area contributed by atoms with Gasteiger partial charge in [0.15, 0.2) is 11.5 Å². The summed E-state index contributed by atoms with van der Waals surface area (Å²) in [5.74, 6) is 0.961. The normalized spacial score (nSPS) is 16.7. The lowest BCUT2D eigenvalue weighted by Gasteiger charge is -2.15. The van der Waals surface area contributed by atoms with Gasteiger partial charge in [-0.25, -0.2) is 4.90 Å². The Labute approximate surface area is 175 Å². The van der Waals surface area contributed by atoms with Crippen LogP contribution in [0.15, 0.2) is 40.9 Å². The number of methoxy groups -OCH3 is 1. The molecule has 1 atom stereocenters. The van der Waals surface area contributed by atoms with Crippen molar-refractivity contribution in [3.63, 3.8) is 0 Å². The first kappa shape index (κ1) is 20.0. The predicted molar refractivity (Wildman–Crippen MR) is 111 cm³/mol. The minimum atomic E-state index is -0.497. The molecule has 1 heterocycles. The first-order chi connectivity index (χ1) is 12.9. The highest BCUT2D eigenvalue weighted by atomic mass is 79.9. The lowest BCUT2D eigenvalue weighted by atomic mass is 10.1. The topological polar surface area (TPSA) is 55.8 Å². The maximum atomic E-state index is 12.8. The standard InChI is InChI=1S/C19H17BrClNO4S/c1-3-26-15-9-11(8-14(20)17(15)25-2)10-16-18(23)22(19(24)27-16)13-6-4-12(21)5-7-13/h4-9,16H,3,10H2,1-2H3/t16-/m1/s1. The second-order valence-electron chi connectivity index (χ2n) is 5.77. The van der Waals surface area contributed by atoms with E-state index in [1.807, 2.05) is 19.1 Å². The van der Waals surface area contributed by atoms with E-state index in [9.17, 15) is 9.59 Å². The molecule has 1 aliphatic rings. The molecule has 1 aliphatic heterocycles. The van der Waals surface area contributed by atoms with Crippen molar-refractivity contribution in [2.24, 2.45) is 0 Å². The second kappa shape index (κ2) is 8.54. The van der Waals surface area contributed by atoms with E-state index in [1.165, 1.54) is 4.90 Å². The molecule has 2 amide bonds. The fourth-order valence-corrected chi connectivity index (χ4v) is 4.63. The van der Waals surface area contributed by atoms with E-state index in [4.69, 9.17) is 21.1 Å². The van der Waals surface area contributed by atoms with Crippen LogP contribution in [0.5, 0.6) is 11.5 Å². The molecule has 0 spiro atoms. The number of benzene rings is 2. The molecule has 27 heavy (non-hydrogen) atoms. The molecule has 0 unspecified atom stereocenters. The number of carbonyl (C=O) groups excluding carboxylic acids is 2. The first-order valence-electron chi connectivity index (χ1n) is 8.24. The number of rotatable bonds is 6. The Morgan fingerprint density at radius 1 is 1.22 bits per heavy atom. The molecule has 0 N–H and O–H groups in total. The van der Waals surface area contributed by atoms with Gasteiger partial charge in [-0.2, -0.15) is 0 Å². The number of thioether (sulfide) groups is 1. The lowest BCUT2D eigenvalue weighted by Crippen LogP contribution is -2.32. The predicted octanol–water partition coefficient (Wildman–Crippen LogP) is 5.32. The number of imide groups is 1. The second-order valence-corrected chi connectivity index (χ2v) is 8.21. The Hall–Kier alpha value is -1.70. The third kappa shape index (κ3) is 4.25. The summed E-state index contributed by atoms with van der Waals surface area (Å²) in [7, 11) is 1.57. The highest BCUT2D eigenvalue weighted by molar-refractivity contribution is 9.10. The monoisotopic (exact) mass is 469 g/mol. The van der Waals surface area contributed by atoms with Gasteiger partial charge in [-0.15, -0.1) is 0 Å². The number of anilines is 1. The van der Waals surface area contributed by atoms with Gasteiger partial charge >= 0.3 is 0 Å². The van der Waals surface area contributed by atoms with E-state index in [2.05, 4.69) is 15.9 Å². The van der Waals surface area contributed by atoms with Crippen molar-refractivity contribution in [2.75, 3.05) is 18.6 Å². The molecule has 8 heteroatoms. The van der Waals surface area contributed by atoms with E-state index in [0.29, 0.717) is 35.2 Å². The average molecular weight is 471 g/mol. The number of carbonyl (C=O) groups is 2. The third-order valence-electron chi connectivity index (χ3n) is 4.00. The summed E-state index contributed by atoms with van der Waals surface area (Å²) in [6.07, 6.45) is 0.405. The highest BCUT2D eigenvalue weighted by Crippen LogP contribution is 2.39. The number of hydrogen-bond acceptors (Lipinski definition) is 5. The van der Waals surface area contributed by atoms with Crippen molar-refractivity contribution in [2.45, 2.75) is 18.6 Å². The minimum Gasteiger partial charge on any atom is -0.492 e. The van der Waals surface area contributed by atoms with Gasteiger partial charge < -0.3 is 9.47 Å². The van der Waals surface area contributed by atoms with Crippen LogP contribution in [-0.4, -0.2) is 30.1 Å². The fraction of sp³-hybridized carbons (Fsp3) is 0.263. The fourth-order valence-electron chi connectivity index (χ4n) is 2.82. The zero-order chi connectivity index (χ0) is 19.6. The Kier molecular flexibility index (Phi) is 6.34. The van der Waals surface area contributed by atoms with Crippen molar-refractivity contribution < 1.29 is 19.1 Å². The van der Waals surface area contributed by atoms with E-state index < -0.39 is 5.25 Å². The van der Waals surface area contributed by atoms with Crippen LogP contribution in [-0.2, 0) is 11.2 Å². The maximum absolute atomic E-state index is 12.8. The van der Waals surface area contributed by atoms with Gasteiger partial charge in [-0.1, -0.05) is 23.4 Å². The number of amides is 2. The van der Waals surface area contributed by atoms with Crippen molar-refractivity contribution in [3.05, 3.63) is 51.5 Å². The highest BCUT2D eigenvalue weighted by Gasteiger charge is 2.40. The maximum Gasteiger partial charge on any atom is 0.293 e. The van der Waals surface area contributed by atoms with Crippen LogP contribution < -0.4 is 14.4 Å². The van der Waals surface area contributed by atoms with Crippen LogP contribution in [0.4, 0.5) is 10.5 Å². The number of ether oxygens (including phenoxy) is 2. The Balaban J connectivity index is 1.83. The molecule has 0 aromatic heterocycles. The van der Waals surface area contributed by atoms with Crippen LogP contribution >= 0.6 is 39.3 Å². The largest absolute Gasteiger partial charge is 0.492 e. The summed E-state index contributed by atoms with van der Waals surface area (Å²) in [5, 5.41) is -0.235. The molecule has 5 nitrogen and oxygen atoms in total. The number of hydrogen-bond donors (Lipinski definition) is 0. The minimum absolute atomic E-state index is 0.239. The van der Waals surface area contributed by atoms with Crippen LogP contribution in [0.1, 0.15) is 12.5 Å². The molecular formula is C19H17BrClNO4S. The van der Waals surface area contributed by atoms with Crippen LogP contribution in [0, 0.1) is 0 Å². The smallest absolute Gasteiger partial charge is 0.293 e. The zero-order valence-corrected chi connectivity index (χ0v) is 17.9. The van der Waals surface area contributed by atoms with Crippen molar-refractivity contribution in [1.29, 1.82) is 0 Å². The molecule has 0 aliphatic carbocycles. The summed E-state index contributed by atoms with van der Waals surface area (Å²) in [4.78, 5) is 26.4. The van der Waals surface area contributed by atoms with Gasteiger partial charge in [0, 0.05) is 5.02 Å². The summed E-state index contributed by atoms with van der Waals surface area (Å²) in [6.45, 7) is 2.38. The first-order valence-corrected chi connectivity index (χ1v) is 10.3. The molecule has 3 rings (SSSR count). The van der Waals surface area contributed by atoms with Gasteiger partial charge in [-0.05, 0) is 71.2 Å². The zero-order valence-electron chi connectivity index (χ0n) is 14.7. The van der Waals surface area contributed by atoms with E-state index in [1.54, 1.807) is 31.4 Å². The van der Waals surface area contributed by atoms with Gasteiger partial charge in [0.25, 0.3) is 5.24 Å². The molecule has 0 bridgehead atoms. The molecule has 2 aromatic carbocycles. The molecule has 1 saturated heterocycles. The SMILES string of the molecule is CCOc1cc(C[C@H]2SC(=O)N(c3ccc(Cl)cc3)C2=O)cc(Br)c1OC. The van der Waals surface area contributed by atoms with Gasteiger partial charge in [0.05, 0.1) is 29.1 Å². The van der Waals surface area contributed by atoms with Crippen LogP contribution in [0.2, 0.25) is 5.02 Å². The molecular weight excluding hydrogens is 454 g/mol. The van der Waals surface area contributed by atoms with E-state index >= 15 is 0 Å². The van der Waals surface area contributed by atoms with Gasteiger partial charge in [-0.3, -0.25) is 9.59 Å². The van der Waals surface area contributed by atoms with E-state index in [-0.39, 0.29) is 11.1 Å². The van der Waals surface area contributed by atoms with E-state index in [0.717, 1.165) is 21.8 Å². The molecule has 0 radical (unpaired) electrons. The molecule has 1 fully saturated rings. The van der Waals surface area contributed by atoms with Crippen molar-refractivity contribution in [3.8, 4) is 11.5 Å². The lowest BCUT2D eigenvalue weighted by molar-refractivity contribution is -0.117. The molecule has 2 aromatic rings. The Bertz CT molecular complexity index is 875. The van der Waals surface area contributed by atoms with Gasteiger partial charge in [0.1, 0.15) is 0 Å². The van der Waals surface area contributed by atoms with Gasteiger partial charge in [0.2, 0.25) is 5.91 Å². The third-order valence-corrected chi connectivity index (χ3v) is 5.88. The molecule has 142 valence electrons. The van der Waals surface area contributed by atoms with Crippen LogP contribution in [0.25, 0.3) is 0 Å².